The number of para-hydroxylation sites is 1. The molecule has 158 valence electrons. The van der Waals surface area contributed by atoms with E-state index in [4.69, 9.17) is 0 Å². The molecule has 0 aliphatic heterocycles. The third kappa shape index (κ3) is 3.69. The highest BCUT2D eigenvalue weighted by molar-refractivity contribution is 6.10. The first kappa shape index (κ1) is 19.5. The fourth-order valence-electron chi connectivity index (χ4n) is 3.77. The van der Waals surface area contributed by atoms with Crippen molar-refractivity contribution in [2.45, 2.75) is 13.5 Å². The van der Waals surface area contributed by atoms with Crippen LogP contribution in [0, 0.1) is 6.92 Å². The van der Waals surface area contributed by atoms with E-state index >= 15 is 0 Å². The van der Waals surface area contributed by atoms with Gasteiger partial charge < -0.3 is 15.6 Å². The topological polar surface area (TPSA) is 105 Å². The summed E-state index contributed by atoms with van der Waals surface area (Å²) in [5, 5.41) is 12.9. The normalized spacial score (nSPS) is 11.0. The molecule has 0 saturated carbocycles. The molecule has 5 rings (SSSR count). The van der Waals surface area contributed by atoms with Crippen LogP contribution in [0.15, 0.2) is 77.7 Å². The number of rotatable bonds is 5. The summed E-state index contributed by atoms with van der Waals surface area (Å²) >= 11 is 0. The second-order valence-electron chi connectivity index (χ2n) is 7.45. The zero-order chi connectivity index (χ0) is 22.1. The Morgan fingerprint density at radius 1 is 1.03 bits per heavy atom. The number of amides is 1. The van der Waals surface area contributed by atoms with Crippen molar-refractivity contribution < 1.29 is 4.79 Å². The number of carbonyl (C=O) groups excluding carboxylic acids is 1. The van der Waals surface area contributed by atoms with Crippen molar-refractivity contribution in [3.8, 4) is 0 Å². The van der Waals surface area contributed by atoms with E-state index in [1.165, 1.54) is 0 Å². The molecule has 0 aliphatic carbocycles. The number of aromatic nitrogens is 4. The third-order valence-electron chi connectivity index (χ3n) is 5.14. The quantitative estimate of drug-likeness (QED) is 0.371. The van der Waals surface area contributed by atoms with Crippen LogP contribution in [0.25, 0.3) is 21.8 Å². The SMILES string of the molecule is Cc1cc(Nc2ccnc3[nH]c(=O)c4ccccc4c23)n(CC(=O)Nc2ccccc2)n1. The maximum absolute atomic E-state index is 12.6. The molecule has 2 aromatic carbocycles. The Kier molecular flexibility index (Phi) is 4.87. The van der Waals surface area contributed by atoms with Crippen molar-refractivity contribution in [3.05, 3.63) is 89.0 Å². The minimum Gasteiger partial charge on any atom is -0.340 e. The predicted molar refractivity (Wildman–Crippen MR) is 125 cm³/mol. The maximum Gasteiger partial charge on any atom is 0.257 e. The number of anilines is 3. The maximum atomic E-state index is 12.6. The molecular formula is C24H20N6O2. The van der Waals surface area contributed by atoms with Gasteiger partial charge in [0.25, 0.3) is 5.56 Å². The second kappa shape index (κ2) is 7.99. The zero-order valence-electron chi connectivity index (χ0n) is 17.3. The van der Waals surface area contributed by atoms with Crippen LogP contribution in [0.5, 0.6) is 0 Å². The van der Waals surface area contributed by atoms with Crippen molar-refractivity contribution >= 4 is 44.9 Å². The molecule has 8 heteroatoms. The summed E-state index contributed by atoms with van der Waals surface area (Å²) in [5.41, 5.74) is 2.56. The van der Waals surface area contributed by atoms with Crippen LogP contribution >= 0.6 is 0 Å². The molecule has 3 aromatic heterocycles. The van der Waals surface area contributed by atoms with Crippen LogP contribution in [-0.2, 0) is 11.3 Å². The Labute approximate surface area is 182 Å². The summed E-state index contributed by atoms with van der Waals surface area (Å²) in [4.78, 5) is 32.2. The lowest BCUT2D eigenvalue weighted by molar-refractivity contribution is -0.116. The fraction of sp³-hybridized carbons (Fsp3) is 0.0833. The van der Waals surface area contributed by atoms with E-state index in [1.807, 2.05) is 67.6 Å². The van der Waals surface area contributed by atoms with E-state index in [-0.39, 0.29) is 18.0 Å². The van der Waals surface area contributed by atoms with Crippen LogP contribution in [-0.4, -0.2) is 25.7 Å². The number of carbonyl (C=O) groups is 1. The van der Waals surface area contributed by atoms with E-state index in [2.05, 4.69) is 25.7 Å². The summed E-state index contributed by atoms with van der Waals surface area (Å²) in [6.07, 6.45) is 1.63. The number of fused-ring (bicyclic) bond motifs is 3. The molecular weight excluding hydrogens is 404 g/mol. The third-order valence-corrected chi connectivity index (χ3v) is 5.14. The van der Waals surface area contributed by atoms with Gasteiger partial charge in [0.15, 0.2) is 0 Å². The average molecular weight is 424 g/mol. The van der Waals surface area contributed by atoms with Gasteiger partial charge >= 0.3 is 0 Å². The first-order valence-electron chi connectivity index (χ1n) is 10.1. The van der Waals surface area contributed by atoms with Crippen LogP contribution in [0.3, 0.4) is 0 Å². The van der Waals surface area contributed by atoms with Crippen molar-refractivity contribution in [2.24, 2.45) is 0 Å². The van der Waals surface area contributed by atoms with E-state index < -0.39 is 0 Å². The summed E-state index contributed by atoms with van der Waals surface area (Å²) < 4.78 is 1.62. The molecule has 0 unspecified atom stereocenters. The van der Waals surface area contributed by atoms with Gasteiger partial charge in [0.2, 0.25) is 5.91 Å². The Balaban J connectivity index is 1.51. The lowest BCUT2D eigenvalue weighted by Gasteiger charge is -2.13. The van der Waals surface area contributed by atoms with Crippen LogP contribution in [0.1, 0.15) is 5.69 Å². The lowest BCUT2D eigenvalue weighted by Crippen LogP contribution is -2.20. The van der Waals surface area contributed by atoms with Crippen molar-refractivity contribution in [3.63, 3.8) is 0 Å². The highest BCUT2D eigenvalue weighted by atomic mass is 16.2. The molecule has 0 atom stereocenters. The molecule has 0 spiro atoms. The number of nitrogens with one attached hydrogen (secondary N) is 3. The molecule has 0 bridgehead atoms. The molecule has 1 amide bonds. The van der Waals surface area contributed by atoms with Gasteiger partial charge in [-0.15, -0.1) is 0 Å². The average Bonchev–Trinajstić information content (AvgIpc) is 3.13. The van der Waals surface area contributed by atoms with Crippen LogP contribution in [0.2, 0.25) is 0 Å². The van der Waals surface area contributed by atoms with Gasteiger partial charge in [0, 0.05) is 34.1 Å². The molecule has 0 aliphatic rings. The molecule has 8 nitrogen and oxygen atoms in total. The molecule has 0 radical (unpaired) electrons. The summed E-state index contributed by atoms with van der Waals surface area (Å²) in [5.74, 6) is 0.477. The van der Waals surface area contributed by atoms with Crippen molar-refractivity contribution in [1.29, 1.82) is 0 Å². The summed E-state index contributed by atoms with van der Waals surface area (Å²) in [7, 11) is 0. The highest BCUT2D eigenvalue weighted by Gasteiger charge is 2.14. The Morgan fingerprint density at radius 2 is 1.78 bits per heavy atom. The number of aromatic amines is 1. The largest absolute Gasteiger partial charge is 0.340 e. The number of pyridine rings is 2. The minimum absolute atomic E-state index is 0.0473. The number of benzene rings is 2. The van der Waals surface area contributed by atoms with E-state index in [9.17, 15) is 9.59 Å². The summed E-state index contributed by atoms with van der Waals surface area (Å²) in [6, 6.07) is 20.4. The first-order valence-corrected chi connectivity index (χ1v) is 10.1. The van der Waals surface area contributed by atoms with E-state index in [1.54, 1.807) is 16.9 Å². The van der Waals surface area contributed by atoms with Gasteiger partial charge in [-0.3, -0.25) is 9.59 Å². The van der Waals surface area contributed by atoms with Gasteiger partial charge in [-0.1, -0.05) is 36.4 Å². The Hall–Kier alpha value is -4.46. The second-order valence-corrected chi connectivity index (χ2v) is 7.45. The smallest absolute Gasteiger partial charge is 0.257 e. The number of H-pyrrole nitrogens is 1. The number of hydrogen-bond donors (Lipinski definition) is 3. The van der Waals surface area contributed by atoms with E-state index in [0.29, 0.717) is 16.9 Å². The molecule has 3 heterocycles. The molecule has 3 N–H and O–H groups in total. The molecule has 0 fully saturated rings. The standard InChI is InChI=1S/C24H20N6O2/c1-15-13-20(30(29-15)14-21(31)26-16-7-3-2-4-8-16)27-19-11-12-25-23-22(19)17-9-5-6-10-18(17)24(32)28-23/h2-13H,14H2,1H3,(H,26,31)(H2,25,27,28,32). The van der Waals surface area contributed by atoms with Gasteiger partial charge in [-0.25, -0.2) is 9.67 Å². The molecule has 0 saturated heterocycles. The lowest BCUT2D eigenvalue weighted by atomic mass is 10.1. The van der Waals surface area contributed by atoms with Gasteiger partial charge in [0.1, 0.15) is 18.0 Å². The minimum atomic E-state index is -0.184. The predicted octanol–water partition coefficient (Wildman–Crippen LogP) is 3.96. The summed E-state index contributed by atoms with van der Waals surface area (Å²) in [6.45, 7) is 1.92. The monoisotopic (exact) mass is 424 g/mol. The fourth-order valence-corrected chi connectivity index (χ4v) is 3.77. The molecule has 5 aromatic rings. The van der Waals surface area contributed by atoms with E-state index in [0.717, 1.165) is 27.8 Å². The first-order chi connectivity index (χ1) is 15.6. The highest BCUT2D eigenvalue weighted by Crippen LogP contribution is 2.29. The number of nitrogens with zero attached hydrogens (tertiary/aromatic N) is 3. The number of aryl methyl sites for hydroxylation is 1. The Morgan fingerprint density at radius 3 is 2.59 bits per heavy atom. The van der Waals surface area contributed by atoms with Crippen molar-refractivity contribution in [1.82, 2.24) is 19.7 Å². The van der Waals surface area contributed by atoms with Crippen LogP contribution in [0.4, 0.5) is 17.2 Å². The Bertz CT molecular complexity index is 1500. The number of hydrogen-bond acceptors (Lipinski definition) is 5. The van der Waals surface area contributed by atoms with Gasteiger partial charge in [0.05, 0.1) is 11.4 Å². The molecule has 32 heavy (non-hydrogen) atoms. The van der Waals surface area contributed by atoms with Crippen molar-refractivity contribution in [2.75, 3.05) is 10.6 Å². The van der Waals surface area contributed by atoms with Gasteiger partial charge in [-0.05, 0) is 31.2 Å². The zero-order valence-corrected chi connectivity index (χ0v) is 17.3. The van der Waals surface area contributed by atoms with Crippen LogP contribution < -0.4 is 16.2 Å². The van der Waals surface area contributed by atoms with Gasteiger partial charge in [-0.2, -0.15) is 5.10 Å².